The highest BCUT2D eigenvalue weighted by molar-refractivity contribution is 5.92. The molecule has 18 heavy (non-hydrogen) atoms. The first-order valence-corrected chi connectivity index (χ1v) is 5.79. The predicted octanol–water partition coefficient (Wildman–Crippen LogP) is 1.45. The number of hydrogen-bond donors (Lipinski definition) is 2. The van der Waals surface area contributed by atoms with E-state index in [0.29, 0.717) is 12.2 Å². The van der Waals surface area contributed by atoms with E-state index in [1.54, 1.807) is 10.6 Å². The second kappa shape index (κ2) is 5.51. The second-order valence-electron chi connectivity index (χ2n) is 4.16. The fourth-order valence-corrected chi connectivity index (χ4v) is 1.73. The van der Waals surface area contributed by atoms with Crippen molar-refractivity contribution in [2.24, 2.45) is 7.05 Å². The Kier molecular flexibility index (Phi) is 3.79. The number of rotatable bonds is 4. The van der Waals surface area contributed by atoms with E-state index in [0.717, 1.165) is 11.1 Å². The lowest BCUT2D eigenvalue weighted by atomic mass is 10.1. The molecule has 1 aromatic heterocycles. The van der Waals surface area contributed by atoms with Crippen LogP contribution in [-0.2, 0) is 20.2 Å². The molecule has 0 unspecified atom stereocenters. The summed E-state index contributed by atoms with van der Waals surface area (Å²) in [7, 11) is 1.84. The second-order valence-corrected chi connectivity index (χ2v) is 4.16. The number of aromatic nitrogens is 1. The summed E-state index contributed by atoms with van der Waals surface area (Å²) in [5, 5.41) is 11.8. The molecule has 4 nitrogen and oxygen atoms in total. The van der Waals surface area contributed by atoms with Gasteiger partial charge in [-0.15, -0.1) is 0 Å². The Hall–Kier alpha value is -2.07. The summed E-state index contributed by atoms with van der Waals surface area (Å²) in [5.41, 5.74) is 2.52. The third kappa shape index (κ3) is 2.78. The number of aliphatic hydroxyl groups excluding tert-OH is 1. The maximum Gasteiger partial charge on any atom is 0.268 e. The average molecular weight is 244 g/mol. The van der Waals surface area contributed by atoms with Crippen molar-refractivity contribution in [2.75, 3.05) is 0 Å². The first-order valence-electron chi connectivity index (χ1n) is 5.79. The zero-order valence-electron chi connectivity index (χ0n) is 10.3. The van der Waals surface area contributed by atoms with E-state index in [4.69, 9.17) is 5.11 Å². The molecular formula is C14H16N2O2. The average Bonchev–Trinajstić information content (AvgIpc) is 2.83. The quantitative estimate of drug-likeness (QED) is 0.855. The van der Waals surface area contributed by atoms with Crippen LogP contribution < -0.4 is 5.32 Å². The van der Waals surface area contributed by atoms with E-state index in [1.807, 2.05) is 43.6 Å². The predicted molar refractivity (Wildman–Crippen MR) is 68.9 cm³/mol. The van der Waals surface area contributed by atoms with E-state index in [2.05, 4.69) is 5.32 Å². The highest BCUT2D eigenvalue weighted by Crippen LogP contribution is 2.05. The van der Waals surface area contributed by atoms with Crippen LogP contribution in [0.4, 0.5) is 0 Å². The SMILES string of the molecule is Cn1cccc1C(=O)NCc1ccc(CO)cc1. The summed E-state index contributed by atoms with van der Waals surface area (Å²) in [6.07, 6.45) is 1.84. The van der Waals surface area contributed by atoms with Crippen LogP contribution in [0.2, 0.25) is 0 Å². The van der Waals surface area contributed by atoms with Gasteiger partial charge in [-0.3, -0.25) is 4.79 Å². The van der Waals surface area contributed by atoms with E-state index in [1.165, 1.54) is 0 Å². The number of nitrogens with one attached hydrogen (secondary N) is 1. The number of benzene rings is 1. The summed E-state index contributed by atoms with van der Waals surface area (Å²) < 4.78 is 1.78. The Morgan fingerprint density at radius 1 is 1.22 bits per heavy atom. The number of aryl methyl sites for hydroxylation is 1. The molecular weight excluding hydrogens is 228 g/mol. The van der Waals surface area contributed by atoms with Crippen LogP contribution in [0.3, 0.4) is 0 Å². The van der Waals surface area contributed by atoms with Crippen molar-refractivity contribution in [2.45, 2.75) is 13.2 Å². The Labute approximate surface area is 106 Å². The molecule has 4 heteroatoms. The molecule has 1 heterocycles. The molecule has 0 aliphatic rings. The maximum absolute atomic E-state index is 11.9. The fourth-order valence-electron chi connectivity index (χ4n) is 1.73. The van der Waals surface area contributed by atoms with Gasteiger partial charge in [-0.25, -0.2) is 0 Å². The Balaban J connectivity index is 1.95. The van der Waals surface area contributed by atoms with E-state index >= 15 is 0 Å². The van der Waals surface area contributed by atoms with Crippen LogP contribution in [0.25, 0.3) is 0 Å². The van der Waals surface area contributed by atoms with Gasteiger partial charge in [0.1, 0.15) is 5.69 Å². The number of carbonyl (C=O) groups excluding carboxylic acids is 1. The minimum atomic E-state index is -0.0891. The van der Waals surface area contributed by atoms with Gasteiger partial charge in [0, 0.05) is 19.8 Å². The molecule has 0 saturated carbocycles. The number of nitrogens with zero attached hydrogens (tertiary/aromatic N) is 1. The lowest BCUT2D eigenvalue weighted by Crippen LogP contribution is -2.24. The molecule has 0 fully saturated rings. The highest BCUT2D eigenvalue weighted by Gasteiger charge is 2.07. The van der Waals surface area contributed by atoms with Crippen molar-refractivity contribution in [3.8, 4) is 0 Å². The Morgan fingerprint density at radius 2 is 1.89 bits per heavy atom. The molecule has 0 saturated heterocycles. The van der Waals surface area contributed by atoms with Crippen molar-refractivity contribution in [1.82, 2.24) is 9.88 Å². The van der Waals surface area contributed by atoms with Crippen molar-refractivity contribution in [3.05, 3.63) is 59.4 Å². The largest absolute Gasteiger partial charge is 0.392 e. The standard InChI is InChI=1S/C14H16N2O2/c1-16-8-2-3-13(16)14(18)15-9-11-4-6-12(10-17)7-5-11/h2-8,17H,9-10H2,1H3,(H,15,18). The van der Waals surface area contributed by atoms with Gasteiger partial charge in [-0.1, -0.05) is 24.3 Å². The molecule has 2 rings (SSSR count). The van der Waals surface area contributed by atoms with Gasteiger partial charge >= 0.3 is 0 Å². The van der Waals surface area contributed by atoms with Gasteiger partial charge < -0.3 is 15.0 Å². The molecule has 1 amide bonds. The molecule has 0 aliphatic heterocycles. The third-order valence-electron chi connectivity index (χ3n) is 2.84. The van der Waals surface area contributed by atoms with Crippen LogP contribution in [0.1, 0.15) is 21.6 Å². The highest BCUT2D eigenvalue weighted by atomic mass is 16.3. The zero-order valence-corrected chi connectivity index (χ0v) is 10.3. The van der Waals surface area contributed by atoms with Crippen molar-refractivity contribution < 1.29 is 9.90 Å². The minimum absolute atomic E-state index is 0.0377. The zero-order chi connectivity index (χ0) is 13.0. The smallest absolute Gasteiger partial charge is 0.268 e. The molecule has 0 aliphatic carbocycles. The molecule has 0 radical (unpaired) electrons. The number of amides is 1. The van der Waals surface area contributed by atoms with Crippen LogP contribution in [0.15, 0.2) is 42.6 Å². The molecule has 1 aromatic carbocycles. The Morgan fingerprint density at radius 3 is 2.44 bits per heavy atom. The summed E-state index contributed by atoms with van der Waals surface area (Å²) in [4.78, 5) is 11.9. The van der Waals surface area contributed by atoms with E-state index in [9.17, 15) is 4.79 Å². The Bertz CT molecular complexity index is 529. The summed E-state index contributed by atoms with van der Waals surface area (Å²) in [5.74, 6) is -0.0891. The van der Waals surface area contributed by atoms with Crippen LogP contribution in [-0.4, -0.2) is 15.6 Å². The van der Waals surface area contributed by atoms with Crippen molar-refractivity contribution in [1.29, 1.82) is 0 Å². The minimum Gasteiger partial charge on any atom is -0.392 e. The number of hydrogen-bond acceptors (Lipinski definition) is 2. The van der Waals surface area contributed by atoms with Crippen LogP contribution in [0, 0.1) is 0 Å². The van der Waals surface area contributed by atoms with Crippen LogP contribution in [0.5, 0.6) is 0 Å². The van der Waals surface area contributed by atoms with Gasteiger partial charge in [-0.2, -0.15) is 0 Å². The normalized spacial score (nSPS) is 10.3. The first-order chi connectivity index (χ1) is 8.70. The van der Waals surface area contributed by atoms with Crippen LogP contribution >= 0.6 is 0 Å². The first kappa shape index (κ1) is 12.4. The molecule has 2 N–H and O–H groups in total. The molecule has 0 spiro atoms. The maximum atomic E-state index is 11.9. The van der Waals surface area contributed by atoms with Gasteiger partial charge in [0.2, 0.25) is 0 Å². The number of carbonyl (C=O) groups is 1. The van der Waals surface area contributed by atoms with Crippen molar-refractivity contribution in [3.63, 3.8) is 0 Å². The van der Waals surface area contributed by atoms with E-state index in [-0.39, 0.29) is 12.5 Å². The molecule has 94 valence electrons. The molecule has 0 bridgehead atoms. The third-order valence-corrected chi connectivity index (χ3v) is 2.84. The molecule has 2 aromatic rings. The summed E-state index contributed by atoms with van der Waals surface area (Å²) in [6, 6.07) is 11.1. The monoisotopic (exact) mass is 244 g/mol. The number of aliphatic hydroxyl groups is 1. The van der Waals surface area contributed by atoms with Gasteiger partial charge in [-0.05, 0) is 23.3 Å². The van der Waals surface area contributed by atoms with Gasteiger partial charge in [0.15, 0.2) is 0 Å². The van der Waals surface area contributed by atoms with Gasteiger partial charge in [0.25, 0.3) is 5.91 Å². The fraction of sp³-hybridized carbons (Fsp3) is 0.214. The summed E-state index contributed by atoms with van der Waals surface area (Å²) >= 11 is 0. The topological polar surface area (TPSA) is 54.3 Å². The summed E-state index contributed by atoms with van der Waals surface area (Å²) in [6.45, 7) is 0.520. The van der Waals surface area contributed by atoms with E-state index < -0.39 is 0 Å². The lowest BCUT2D eigenvalue weighted by molar-refractivity contribution is 0.0943. The van der Waals surface area contributed by atoms with Gasteiger partial charge in [0.05, 0.1) is 6.61 Å². The van der Waals surface area contributed by atoms with Crippen molar-refractivity contribution >= 4 is 5.91 Å². The lowest BCUT2D eigenvalue weighted by Gasteiger charge is -2.06. The molecule has 0 atom stereocenters.